The standard InChI is InChI=1S/C16H25NO2/c1-13(2)17-11-14-5-7-16(8-6-14)19-10-9-18-12-15-3-4-15/h5-8,13,15,17H,3-4,9-12H2,1-2H3. The minimum absolute atomic E-state index is 0.513. The van der Waals surface area contributed by atoms with Crippen LogP contribution < -0.4 is 10.1 Å². The lowest BCUT2D eigenvalue weighted by molar-refractivity contribution is 0.0927. The molecule has 0 atom stereocenters. The zero-order valence-corrected chi connectivity index (χ0v) is 12.0. The Balaban J connectivity index is 1.60. The van der Waals surface area contributed by atoms with Gasteiger partial charge in [-0.3, -0.25) is 0 Å². The highest BCUT2D eigenvalue weighted by Crippen LogP contribution is 2.28. The molecule has 3 nitrogen and oxygen atoms in total. The van der Waals surface area contributed by atoms with Gasteiger partial charge in [-0.15, -0.1) is 0 Å². The number of benzene rings is 1. The van der Waals surface area contributed by atoms with Gasteiger partial charge in [0, 0.05) is 19.2 Å². The summed E-state index contributed by atoms with van der Waals surface area (Å²) in [5.41, 5.74) is 1.28. The summed E-state index contributed by atoms with van der Waals surface area (Å²) in [5, 5.41) is 3.40. The lowest BCUT2D eigenvalue weighted by Gasteiger charge is -2.10. The van der Waals surface area contributed by atoms with Crippen molar-refractivity contribution in [1.29, 1.82) is 0 Å². The monoisotopic (exact) mass is 263 g/mol. The molecule has 0 amide bonds. The van der Waals surface area contributed by atoms with Gasteiger partial charge in [-0.05, 0) is 36.5 Å². The lowest BCUT2D eigenvalue weighted by atomic mass is 10.2. The van der Waals surface area contributed by atoms with Crippen LogP contribution in [0.4, 0.5) is 0 Å². The predicted octanol–water partition coefficient (Wildman–Crippen LogP) is 2.99. The van der Waals surface area contributed by atoms with E-state index in [-0.39, 0.29) is 0 Å². The summed E-state index contributed by atoms with van der Waals surface area (Å²) < 4.78 is 11.2. The van der Waals surface area contributed by atoms with Crippen molar-refractivity contribution in [3.63, 3.8) is 0 Å². The molecule has 1 fully saturated rings. The van der Waals surface area contributed by atoms with Gasteiger partial charge < -0.3 is 14.8 Å². The predicted molar refractivity (Wildman–Crippen MR) is 77.5 cm³/mol. The molecule has 1 aromatic carbocycles. The van der Waals surface area contributed by atoms with Crippen LogP contribution in [0.1, 0.15) is 32.3 Å². The summed E-state index contributed by atoms with van der Waals surface area (Å²) in [4.78, 5) is 0. The van der Waals surface area contributed by atoms with Crippen molar-refractivity contribution in [3.05, 3.63) is 29.8 Å². The van der Waals surface area contributed by atoms with E-state index in [9.17, 15) is 0 Å². The van der Waals surface area contributed by atoms with Crippen LogP contribution in [0.25, 0.3) is 0 Å². The molecule has 3 heteroatoms. The van der Waals surface area contributed by atoms with E-state index in [0.29, 0.717) is 19.3 Å². The Kier molecular flexibility index (Phi) is 5.67. The first-order chi connectivity index (χ1) is 9.24. The minimum atomic E-state index is 0.513. The average molecular weight is 263 g/mol. The van der Waals surface area contributed by atoms with E-state index in [4.69, 9.17) is 9.47 Å². The third-order valence-electron chi connectivity index (χ3n) is 3.18. The Morgan fingerprint density at radius 3 is 2.53 bits per heavy atom. The molecule has 19 heavy (non-hydrogen) atoms. The normalized spacial score (nSPS) is 14.9. The molecule has 0 saturated heterocycles. The smallest absolute Gasteiger partial charge is 0.119 e. The molecule has 1 aliphatic rings. The molecule has 1 saturated carbocycles. The summed E-state index contributed by atoms with van der Waals surface area (Å²) in [7, 11) is 0. The van der Waals surface area contributed by atoms with Crippen molar-refractivity contribution < 1.29 is 9.47 Å². The van der Waals surface area contributed by atoms with E-state index in [1.807, 2.05) is 12.1 Å². The number of rotatable bonds is 9. The molecular formula is C16H25NO2. The van der Waals surface area contributed by atoms with Crippen LogP contribution in [0.3, 0.4) is 0 Å². The molecule has 1 aromatic rings. The Morgan fingerprint density at radius 2 is 1.89 bits per heavy atom. The highest BCUT2D eigenvalue weighted by molar-refractivity contribution is 5.27. The topological polar surface area (TPSA) is 30.5 Å². The molecule has 1 aliphatic carbocycles. The maximum atomic E-state index is 5.64. The first-order valence-corrected chi connectivity index (χ1v) is 7.27. The van der Waals surface area contributed by atoms with Crippen LogP contribution in [-0.4, -0.2) is 25.9 Å². The maximum Gasteiger partial charge on any atom is 0.119 e. The zero-order valence-electron chi connectivity index (χ0n) is 12.0. The van der Waals surface area contributed by atoms with E-state index >= 15 is 0 Å². The molecule has 0 aromatic heterocycles. The fraction of sp³-hybridized carbons (Fsp3) is 0.625. The quantitative estimate of drug-likeness (QED) is 0.695. The summed E-state index contributed by atoms with van der Waals surface area (Å²) in [6, 6.07) is 8.78. The van der Waals surface area contributed by atoms with Crippen LogP contribution in [0.5, 0.6) is 5.75 Å². The van der Waals surface area contributed by atoms with Gasteiger partial charge in [0.2, 0.25) is 0 Å². The average Bonchev–Trinajstić information content (AvgIpc) is 3.21. The summed E-state index contributed by atoms with van der Waals surface area (Å²) in [6.45, 7) is 7.44. The van der Waals surface area contributed by atoms with Crippen LogP contribution in [0, 0.1) is 5.92 Å². The van der Waals surface area contributed by atoms with Crippen LogP contribution in [-0.2, 0) is 11.3 Å². The van der Waals surface area contributed by atoms with Gasteiger partial charge in [0.15, 0.2) is 0 Å². The maximum absolute atomic E-state index is 5.64. The van der Waals surface area contributed by atoms with Gasteiger partial charge in [-0.2, -0.15) is 0 Å². The molecule has 0 aliphatic heterocycles. The Bertz CT molecular complexity index is 358. The molecule has 2 rings (SSSR count). The molecule has 0 unspecified atom stereocenters. The third-order valence-corrected chi connectivity index (χ3v) is 3.18. The molecule has 0 heterocycles. The molecule has 0 radical (unpaired) electrons. The fourth-order valence-electron chi connectivity index (χ4n) is 1.78. The van der Waals surface area contributed by atoms with Gasteiger partial charge in [0.25, 0.3) is 0 Å². The van der Waals surface area contributed by atoms with Gasteiger partial charge in [0.1, 0.15) is 12.4 Å². The van der Waals surface area contributed by atoms with E-state index in [2.05, 4.69) is 31.3 Å². The highest BCUT2D eigenvalue weighted by atomic mass is 16.5. The van der Waals surface area contributed by atoms with E-state index in [1.54, 1.807) is 0 Å². The van der Waals surface area contributed by atoms with Crippen LogP contribution in [0.2, 0.25) is 0 Å². The van der Waals surface area contributed by atoms with E-state index in [0.717, 1.165) is 24.8 Å². The molecule has 106 valence electrons. The van der Waals surface area contributed by atoms with Crippen molar-refractivity contribution >= 4 is 0 Å². The summed E-state index contributed by atoms with van der Waals surface area (Å²) in [5.74, 6) is 1.75. The number of hydrogen-bond acceptors (Lipinski definition) is 3. The summed E-state index contributed by atoms with van der Waals surface area (Å²) in [6.07, 6.45) is 2.68. The molecule has 0 bridgehead atoms. The van der Waals surface area contributed by atoms with Crippen LogP contribution >= 0.6 is 0 Å². The van der Waals surface area contributed by atoms with Crippen molar-refractivity contribution in [2.75, 3.05) is 19.8 Å². The van der Waals surface area contributed by atoms with Gasteiger partial charge in [-0.1, -0.05) is 26.0 Å². The molecule has 1 N–H and O–H groups in total. The van der Waals surface area contributed by atoms with Crippen molar-refractivity contribution in [2.45, 2.75) is 39.3 Å². The third kappa shape index (κ3) is 6.08. The summed E-state index contributed by atoms with van der Waals surface area (Å²) >= 11 is 0. The van der Waals surface area contributed by atoms with Crippen molar-refractivity contribution in [2.24, 2.45) is 5.92 Å². The second-order valence-electron chi connectivity index (χ2n) is 5.55. The fourth-order valence-corrected chi connectivity index (χ4v) is 1.78. The Labute approximate surface area is 116 Å². The van der Waals surface area contributed by atoms with E-state index in [1.165, 1.54) is 18.4 Å². The van der Waals surface area contributed by atoms with Gasteiger partial charge in [-0.25, -0.2) is 0 Å². The number of hydrogen-bond donors (Lipinski definition) is 1. The number of nitrogens with one attached hydrogen (secondary N) is 1. The second kappa shape index (κ2) is 7.51. The first-order valence-electron chi connectivity index (χ1n) is 7.27. The van der Waals surface area contributed by atoms with Gasteiger partial charge >= 0.3 is 0 Å². The molecule has 0 spiro atoms. The first kappa shape index (κ1) is 14.4. The van der Waals surface area contributed by atoms with Crippen molar-refractivity contribution in [1.82, 2.24) is 5.32 Å². The number of ether oxygens (including phenoxy) is 2. The largest absolute Gasteiger partial charge is 0.491 e. The van der Waals surface area contributed by atoms with Crippen molar-refractivity contribution in [3.8, 4) is 5.75 Å². The SMILES string of the molecule is CC(C)NCc1ccc(OCCOCC2CC2)cc1. The Hall–Kier alpha value is -1.06. The molecular weight excluding hydrogens is 238 g/mol. The zero-order chi connectivity index (χ0) is 13.5. The van der Waals surface area contributed by atoms with E-state index < -0.39 is 0 Å². The lowest BCUT2D eigenvalue weighted by Crippen LogP contribution is -2.21. The minimum Gasteiger partial charge on any atom is -0.491 e. The second-order valence-corrected chi connectivity index (χ2v) is 5.55. The highest BCUT2D eigenvalue weighted by Gasteiger charge is 2.20. The van der Waals surface area contributed by atoms with Crippen LogP contribution in [0.15, 0.2) is 24.3 Å². The Morgan fingerprint density at radius 1 is 1.16 bits per heavy atom. The van der Waals surface area contributed by atoms with Gasteiger partial charge in [0.05, 0.1) is 6.61 Å².